The molecule has 0 aromatic carbocycles. The van der Waals surface area contributed by atoms with E-state index in [1.807, 2.05) is 0 Å². The number of rotatable bonds is 8. The Morgan fingerprint density at radius 2 is 1.86 bits per heavy atom. The molecule has 21 heavy (non-hydrogen) atoms. The lowest BCUT2D eigenvalue weighted by molar-refractivity contribution is -0.147. The molecule has 2 N–H and O–H groups in total. The van der Waals surface area contributed by atoms with E-state index in [1.54, 1.807) is 0 Å². The van der Waals surface area contributed by atoms with Crippen molar-refractivity contribution in [1.29, 1.82) is 0 Å². The average molecular weight is 357 g/mol. The first-order chi connectivity index (χ1) is 9.66. The zero-order valence-corrected chi connectivity index (χ0v) is 13.6. The van der Waals surface area contributed by atoms with Crippen molar-refractivity contribution < 1.29 is 31.1 Å². The summed E-state index contributed by atoms with van der Waals surface area (Å²) in [5.41, 5.74) is 0. The van der Waals surface area contributed by atoms with Gasteiger partial charge in [0.2, 0.25) is 10.0 Å². The Morgan fingerprint density at radius 3 is 2.38 bits per heavy atom. The highest BCUT2D eigenvalue weighted by atomic mass is 32.3. The Bertz CT molecular complexity index is 690. The van der Waals surface area contributed by atoms with Crippen molar-refractivity contribution in [3.8, 4) is 0 Å². The van der Waals surface area contributed by atoms with Gasteiger partial charge in [-0.15, -0.1) is 11.3 Å². The molecule has 1 aromatic heterocycles. The summed E-state index contributed by atoms with van der Waals surface area (Å²) in [4.78, 5) is 11.0. The molecule has 0 fully saturated rings. The minimum atomic E-state index is -3.91. The number of nitrogens with two attached hydrogens (primary N) is 1. The first-order valence-corrected chi connectivity index (χ1v) is 9.68. The summed E-state index contributed by atoms with van der Waals surface area (Å²) in [6.07, 6.45) is 0.0976. The smallest absolute Gasteiger partial charge is 0.332 e. The van der Waals surface area contributed by atoms with Crippen molar-refractivity contribution in [3.63, 3.8) is 0 Å². The van der Waals surface area contributed by atoms with Crippen LogP contribution in [0.3, 0.4) is 0 Å². The van der Waals surface area contributed by atoms with E-state index >= 15 is 0 Å². The van der Waals surface area contributed by atoms with Crippen molar-refractivity contribution in [2.45, 2.75) is 14.8 Å². The molecule has 120 valence electrons. The van der Waals surface area contributed by atoms with Gasteiger partial charge in [-0.25, -0.2) is 26.8 Å². The van der Waals surface area contributed by atoms with Gasteiger partial charge in [-0.2, -0.15) is 0 Å². The standard InChI is InChI=1S/C10H15NO7S3/c1-17-7-8(12)18-5-2-6-20(13,14)9-3-4-10(19-9)21(11,15)16/h3-4H,2,5-7H2,1H3,(H2,11,15,16). The molecule has 0 aliphatic heterocycles. The lowest BCUT2D eigenvalue weighted by Gasteiger charge is -2.04. The van der Waals surface area contributed by atoms with Crippen LogP contribution in [0.2, 0.25) is 0 Å². The van der Waals surface area contributed by atoms with E-state index in [9.17, 15) is 21.6 Å². The number of hydrogen-bond acceptors (Lipinski definition) is 8. The van der Waals surface area contributed by atoms with E-state index in [-0.39, 0.29) is 33.8 Å². The molecule has 0 radical (unpaired) electrons. The van der Waals surface area contributed by atoms with E-state index in [1.165, 1.54) is 13.2 Å². The second-order valence-electron chi connectivity index (χ2n) is 3.94. The number of ether oxygens (including phenoxy) is 2. The highest BCUT2D eigenvalue weighted by molar-refractivity contribution is 7.95. The maximum Gasteiger partial charge on any atom is 0.332 e. The van der Waals surface area contributed by atoms with Crippen LogP contribution >= 0.6 is 11.3 Å². The molecule has 0 aliphatic rings. The Hall–Kier alpha value is -1.01. The number of esters is 1. The molecule has 0 amide bonds. The summed E-state index contributed by atoms with van der Waals surface area (Å²) in [5, 5.41) is 4.92. The lowest BCUT2D eigenvalue weighted by Crippen LogP contribution is -2.14. The monoisotopic (exact) mass is 357 g/mol. The number of carbonyl (C=O) groups excluding carboxylic acids is 1. The van der Waals surface area contributed by atoms with Gasteiger partial charge in [0.25, 0.3) is 0 Å². The summed E-state index contributed by atoms with van der Waals surface area (Å²) in [7, 11) is -6.21. The van der Waals surface area contributed by atoms with E-state index < -0.39 is 25.8 Å². The Balaban J connectivity index is 2.58. The third-order valence-corrected chi connectivity index (χ3v) is 7.13. The highest BCUT2D eigenvalue weighted by Gasteiger charge is 2.20. The maximum atomic E-state index is 12.0. The van der Waals surface area contributed by atoms with Crippen LogP contribution in [0, 0.1) is 0 Å². The molecular formula is C10H15NO7S3. The Kier molecular flexibility index (Phi) is 6.28. The number of hydrogen-bond donors (Lipinski definition) is 1. The molecule has 0 aliphatic carbocycles. The number of sulfonamides is 1. The van der Waals surface area contributed by atoms with Crippen molar-refractivity contribution in [3.05, 3.63) is 12.1 Å². The van der Waals surface area contributed by atoms with Gasteiger partial charge in [0.05, 0.1) is 12.4 Å². The number of methoxy groups -OCH3 is 1. The predicted octanol–water partition coefficient (Wildman–Crippen LogP) is -0.251. The normalized spacial score (nSPS) is 12.3. The second kappa shape index (κ2) is 7.31. The van der Waals surface area contributed by atoms with Gasteiger partial charge >= 0.3 is 5.97 Å². The number of primary sulfonamides is 1. The maximum absolute atomic E-state index is 12.0. The van der Waals surface area contributed by atoms with Crippen LogP contribution in [0.15, 0.2) is 20.6 Å². The zero-order chi connectivity index (χ0) is 16.1. The zero-order valence-electron chi connectivity index (χ0n) is 11.1. The molecule has 0 saturated carbocycles. The average Bonchev–Trinajstić information content (AvgIpc) is 2.85. The highest BCUT2D eigenvalue weighted by Crippen LogP contribution is 2.25. The van der Waals surface area contributed by atoms with Gasteiger partial charge in [-0.3, -0.25) is 0 Å². The Labute approximate surface area is 126 Å². The number of carbonyl (C=O) groups is 1. The molecule has 0 unspecified atom stereocenters. The molecule has 0 saturated heterocycles. The summed E-state index contributed by atoms with van der Waals surface area (Å²) in [6, 6.07) is 2.34. The van der Waals surface area contributed by atoms with Gasteiger partial charge in [-0.05, 0) is 18.6 Å². The van der Waals surface area contributed by atoms with Crippen molar-refractivity contribution in [2.75, 3.05) is 26.1 Å². The predicted molar refractivity (Wildman–Crippen MR) is 75.2 cm³/mol. The lowest BCUT2D eigenvalue weighted by atomic mass is 10.5. The van der Waals surface area contributed by atoms with Crippen molar-refractivity contribution in [1.82, 2.24) is 0 Å². The van der Waals surface area contributed by atoms with Crippen LogP contribution in [0.5, 0.6) is 0 Å². The summed E-state index contributed by atoms with van der Waals surface area (Å²) >= 11 is 0.591. The molecule has 1 aromatic rings. The van der Waals surface area contributed by atoms with Crippen LogP contribution in [-0.2, 0) is 34.1 Å². The van der Waals surface area contributed by atoms with Crippen LogP contribution in [0.25, 0.3) is 0 Å². The molecule has 0 bridgehead atoms. The Morgan fingerprint density at radius 1 is 1.24 bits per heavy atom. The first-order valence-electron chi connectivity index (χ1n) is 5.67. The summed E-state index contributed by atoms with van der Waals surface area (Å²) in [6.45, 7) is -0.260. The third-order valence-electron chi connectivity index (χ3n) is 2.23. The van der Waals surface area contributed by atoms with E-state index in [0.717, 1.165) is 6.07 Å². The van der Waals surface area contributed by atoms with Gasteiger partial charge in [0.15, 0.2) is 9.84 Å². The molecule has 0 atom stereocenters. The molecule has 1 rings (SSSR count). The summed E-state index contributed by atoms with van der Waals surface area (Å²) in [5.74, 6) is -0.847. The fourth-order valence-electron chi connectivity index (χ4n) is 1.32. The number of thiophene rings is 1. The van der Waals surface area contributed by atoms with Crippen LogP contribution < -0.4 is 5.14 Å². The minimum absolute atomic E-state index is 0.0607. The van der Waals surface area contributed by atoms with Crippen LogP contribution in [0.4, 0.5) is 0 Å². The van der Waals surface area contributed by atoms with Crippen LogP contribution in [-0.4, -0.2) is 48.9 Å². The SMILES string of the molecule is COCC(=O)OCCCS(=O)(=O)c1ccc(S(N)(=O)=O)s1. The van der Waals surface area contributed by atoms with Gasteiger partial charge < -0.3 is 9.47 Å². The number of sulfone groups is 1. The van der Waals surface area contributed by atoms with Crippen LogP contribution in [0.1, 0.15) is 6.42 Å². The molecular weight excluding hydrogens is 342 g/mol. The first kappa shape index (κ1) is 18.0. The fraction of sp³-hybridized carbons (Fsp3) is 0.500. The van der Waals surface area contributed by atoms with E-state index in [4.69, 9.17) is 9.88 Å². The van der Waals surface area contributed by atoms with Gasteiger partial charge in [-0.1, -0.05) is 0 Å². The molecule has 1 heterocycles. The second-order valence-corrected chi connectivity index (χ2v) is 9.15. The third kappa shape index (κ3) is 5.71. The molecule has 11 heteroatoms. The van der Waals surface area contributed by atoms with E-state index in [2.05, 4.69) is 4.74 Å². The topological polar surface area (TPSA) is 130 Å². The molecule has 0 spiro atoms. The summed E-state index contributed by atoms with van der Waals surface area (Å²) < 4.78 is 55.1. The quantitative estimate of drug-likeness (QED) is 0.501. The van der Waals surface area contributed by atoms with Gasteiger partial charge in [0.1, 0.15) is 15.0 Å². The van der Waals surface area contributed by atoms with Crippen molar-refractivity contribution in [2.24, 2.45) is 5.14 Å². The molecule has 8 nitrogen and oxygen atoms in total. The van der Waals surface area contributed by atoms with E-state index in [0.29, 0.717) is 11.3 Å². The van der Waals surface area contributed by atoms with Gasteiger partial charge in [0, 0.05) is 7.11 Å². The fourth-order valence-corrected chi connectivity index (χ4v) is 4.94. The minimum Gasteiger partial charge on any atom is -0.464 e. The van der Waals surface area contributed by atoms with Crippen molar-refractivity contribution >= 4 is 37.2 Å². The largest absolute Gasteiger partial charge is 0.464 e.